The molecule has 1 unspecified atom stereocenters. The van der Waals surface area contributed by atoms with Crippen LogP contribution in [0.1, 0.15) is 6.92 Å². The third kappa shape index (κ3) is 12.4. The maximum atomic E-state index is 11.2. The Morgan fingerprint density at radius 2 is 1.28 bits per heavy atom. The van der Waals surface area contributed by atoms with Crippen molar-refractivity contribution in [3.05, 3.63) is 0 Å². The van der Waals surface area contributed by atoms with E-state index in [1.54, 1.807) is 0 Å². The normalized spacial score (nSPS) is 20.7. The van der Waals surface area contributed by atoms with Gasteiger partial charge in [0.05, 0.1) is 19.2 Å². The number of nitrogens with zero attached hydrogens (tertiary/aromatic N) is 4. The molecule has 0 amide bonds. The maximum Gasteiger partial charge on any atom is 0.317 e. The van der Waals surface area contributed by atoms with Crippen LogP contribution < -0.4 is 5.32 Å². The van der Waals surface area contributed by atoms with E-state index in [0.717, 1.165) is 19.6 Å². The number of aliphatic carboxylic acids is 2. The molecule has 170 valence electrons. The molecule has 0 spiro atoms. The van der Waals surface area contributed by atoms with E-state index in [1.807, 2.05) is 9.80 Å². The molecule has 0 aliphatic carbocycles. The van der Waals surface area contributed by atoms with Gasteiger partial charge in [0.2, 0.25) is 0 Å². The summed E-state index contributed by atoms with van der Waals surface area (Å²) in [5, 5.41) is 31.7. The smallest absolute Gasteiger partial charge is 0.317 e. The molecule has 1 aliphatic rings. The van der Waals surface area contributed by atoms with Gasteiger partial charge in [0.1, 0.15) is 0 Å². The van der Waals surface area contributed by atoms with Crippen LogP contribution in [0, 0.1) is 0 Å². The Labute approximate surface area is 178 Å². The van der Waals surface area contributed by atoms with E-state index in [2.05, 4.69) is 34.7 Å². The summed E-state index contributed by atoms with van der Waals surface area (Å²) in [4.78, 5) is 30.6. The fourth-order valence-electron chi connectivity index (χ4n) is 3.37. The highest BCUT2D eigenvalue weighted by molar-refractivity contribution is 7.80. The summed E-state index contributed by atoms with van der Waals surface area (Å²) in [7, 11) is 0. The number of nitrogens with one attached hydrogen (secondary N) is 1. The summed E-state index contributed by atoms with van der Waals surface area (Å²) < 4.78 is 0. The number of carboxylic acid groups (broad SMARTS) is 2. The van der Waals surface area contributed by atoms with Gasteiger partial charge in [0.15, 0.2) is 0 Å². The van der Waals surface area contributed by atoms with E-state index in [0.29, 0.717) is 58.2 Å². The van der Waals surface area contributed by atoms with Crippen LogP contribution in [-0.4, -0.2) is 144 Å². The number of hydrogen-bond donors (Lipinski definition) is 5. The minimum absolute atomic E-state index is 0.0136. The van der Waals surface area contributed by atoms with Gasteiger partial charge < -0.3 is 25.5 Å². The standard InChI is InChI=1S/C18H37N5O5S/c1-2-20-3-5-22(13-17(25)26)9-7-21(12-16(24)11-19-15-29)8-10-23(6-4-20)14-18(27)28/h16,19,24,29H,2-15H2,1H3,(H,25,26)(H,27,28). The Morgan fingerprint density at radius 1 is 0.862 bits per heavy atom. The average molecular weight is 436 g/mol. The molecule has 11 heteroatoms. The molecule has 0 aromatic rings. The van der Waals surface area contributed by atoms with Gasteiger partial charge in [0, 0.05) is 71.3 Å². The first-order valence-electron chi connectivity index (χ1n) is 10.2. The van der Waals surface area contributed by atoms with Crippen LogP contribution in [0.4, 0.5) is 0 Å². The van der Waals surface area contributed by atoms with Gasteiger partial charge in [-0.15, -0.1) is 0 Å². The second kappa shape index (κ2) is 14.9. The van der Waals surface area contributed by atoms with Crippen molar-refractivity contribution in [3.8, 4) is 0 Å². The Morgan fingerprint density at radius 3 is 1.66 bits per heavy atom. The highest BCUT2D eigenvalue weighted by Crippen LogP contribution is 2.02. The molecule has 10 nitrogen and oxygen atoms in total. The first kappa shape index (κ1) is 26.1. The fraction of sp³-hybridized carbons (Fsp3) is 0.889. The average Bonchev–Trinajstić information content (AvgIpc) is 2.65. The Kier molecular flexibility index (Phi) is 13.4. The largest absolute Gasteiger partial charge is 0.480 e. The molecule has 1 saturated heterocycles. The molecule has 29 heavy (non-hydrogen) atoms. The summed E-state index contributed by atoms with van der Waals surface area (Å²) in [6, 6.07) is 0. The molecule has 1 atom stereocenters. The molecule has 1 heterocycles. The Bertz CT molecular complexity index is 456. The number of rotatable bonds is 10. The van der Waals surface area contributed by atoms with E-state index < -0.39 is 18.0 Å². The lowest BCUT2D eigenvalue weighted by Crippen LogP contribution is -2.49. The molecule has 0 radical (unpaired) electrons. The molecule has 0 aromatic heterocycles. The van der Waals surface area contributed by atoms with Crippen molar-refractivity contribution in [2.45, 2.75) is 13.0 Å². The second-order valence-corrected chi connectivity index (χ2v) is 7.66. The van der Waals surface area contributed by atoms with Crippen molar-refractivity contribution in [2.24, 2.45) is 0 Å². The monoisotopic (exact) mass is 435 g/mol. The van der Waals surface area contributed by atoms with Gasteiger partial charge in [-0.25, -0.2) is 0 Å². The lowest BCUT2D eigenvalue weighted by Gasteiger charge is -2.33. The quantitative estimate of drug-likeness (QED) is 0.199. The van der Waals surface area contributed by atoms with E-state index in [1.165, 1.54) is 0 Å². The summed E-state index contributed by atoms with van der Waals surface area (Å²) in [6.07, 6.45) is -0.577. The van der Waals surface area contributed by atoms with E-state index >= 15 is 0 Å². The van der Waals surface area contributed by atoms with Crippen LogP contribution >= 0.6 is 12.6 Å². The Hall–Kier alpha value is -0.950. The van der Waals surface area contributed by atoms with E-state index in [-0.39, 0.29) is 13.1 Å². The molecule has 0 saturated carbocycles. The predicted molar refractivity (Wildman–Crippen MR) is 115 cm³/mol. The predicted octanol–water partition coefficient (Wildman–Crippen LogP) is -1.77. The number of thiol groups is 1. The molecular formula is C18H37N5O5S. The number of carbonyl (C=O) groups is 2. The van der Waals surface area contributed by atoms with Gasteiger partial charge in [0.25, 0.3) is 0 Å². The van der Waals surface area contributed by atoms with Crippen molar-refractivity contribution in [1.29, 1.82) is 0 Å². The molecule has 1 aliphatic heterocycles. The highest BCUT2D eigenvalue weighted by atomic mass is 32.1. The van der Waals surface area contributed by atoms with Crippen LogP contribution in [0.25, 0.3) is 0 Å². The van der Waals surface area contributed by atoms with Crippen molar-refractivity contribution in [2.75, 3.05) is 91.0 Å². The molecule has 0 aromatic carbocycles. The summed E-state index contributed by atoms with van der Waals surface area (Å²) in [6.45, 7) is 8.83. The number of likely N-dealkylation sites (N-methyl/N-ethyl adjacent to an activating group) is 1. The molecule has 4 N–H and O–H groups in total. The van der Waals surface area contributed by atoms with E-state index in [9.17, 15) is 24.9 Å². The fourth-order valence-corrected chi connectivity index (χ4v) is 3.50. The second-order valence-electron chi connectivity index (χ2n) is 7.34. The van der Waals surface area contributed by atoms with Crippen LogP contribution in [0.15, 0.2) is 0 Å². The Balaban J connectivity index is 2.82. The first-order chi connectivity index (χ1) is 13.8. The SMILES string of the molecule is CCN1CCN(CC(=O)O)CCN(CC(O)CNCS)CCN(CC(=O)O)CC1. The topological polar surface area (TPSA) is 120 Å². The maximum absolute atomic E-state index is 11.2. The van der Waals surface area contributed by atoms with Gasteiger partial charge in [-0.3, -0.25) is 24.3 Å². The number of hydrogen-bond acceptors (Lipinski definition) is 9. The minimum Gasteiger partial charge on any atom is -0.480 e. The highest BCUT2D eigenvalue weighted by Gasteiger charge is 2.19. The van der Waals surface area contributed by atoms with E-state index in [4.69, 9.17) is 0 Å². The van der Waals surface area contributed by atoms with Gasteiger partial charge in [-0.1, -0.05) is 6.92 Å². The molecule has 1 fully saturated rings. The lowest BCUT2D eigenvalue weighted by atomic mass is 10.2. The number of aliphatic hydroxyl groups excluding tert-OH is 1. The van der Waals surface area contributed by atoms with Crippen LogP contribution in [-0.2, 0) is 9.59 Å². The lowest BCUT2D eigenvalue weighted by molar-refractivity contribution is -0.139. The van der Waals surface area contributed by atoms with Gasteiger partial charge >= 0.3 is 11.9 Å². The number of aliphatic hydroxyl groups is 1. The zero-order valence-corrected chi connectivity index (χ0v) is 18.3. The van der Waals surface area contributed by atoms with Crippen molar-refractivity contribution >= 4 is 24.6 Å². The summed E-state index contributed by atoms with van der Waals surface area (Å²) in [5.74, 6) is -1.22. The number of β-amino-alcohol motifs (C(OH)–C–C–N with tert-alkyl or cyclic N) is 1. The summed E-state index contributed by atoms with van der Waals surface area (Å²) >= 11 is 4.08. The zero-order chi connectivity index (χ0) is 21.6. The van der Waals surface area contributed by atoms with Crippen molar-refractivity contribution < 1.29 is 24.9 Å². The molecule has 1 rings (SSSR count). The minimum atomic E-state index is -0.850. The number of carboxylic acids is 2. The van der Waals surface area contributed by atoms with Crippen molar-refractivity contribution in [3.63, 3.8) is 0 Å². The van der Waals surface area contributed by atoms with Crippen LogP contribution in [0.5, 0.6) is 0 Å². The molecule has 0 bridgehead atoms. The van der Waals surface area contributed by atoms with Crippen LogP contribution in [0.2, 0.25) is 0 Å². The summed E-state index contributed by atoms with van der Waals surface area (Å²) in [5.41, 5.74) is 0. The zero-order valence-electron chi connectivity index (χ0n) is 17.4. The third-order valence-corrected chi connectivity index (χ3v) is 5.28. The molecular weight excluding hydrogens is 398 g/mol. The third-order valence-electron chi connectivity index (χ3n) is 5.06. The van der Waals surface area contributed by atoms with Gasteiger partial charge in [-0.05, 0) is 6.54 Å². The van der Waals surface area contributed by atoms with Crippen molar-refractivity contribution in [1.82, 2.24) is 24.9 Å². The van der Waals surface area contributed by atoms with Crippen LogP contribution in [0.3, 0.4) is 0 Å². The first-order valence-corrected chi connectivity index (χ1v) is 10.8. The van der Waals surface area contributed by atoms with Gasteiger partial charge in [-0.2, -0.15) is 12.6 Å².